The van der Waals surface area contributed by atoms with Gasteiger partial charge in [0.25, 0.3) is 5.91 Å². The molecule has 0 unspecified atom stereocenters. The summed E-state index contributed by atoms with van der Waals surface area (Å²) in [6.45, 7) is 11.1. The van der Waals surface area contributed by atoms with Crippen molar-refractivity contribution >= 4 is 23.9 Å². The van der Waals surface area contributed by atoms with E-state index in [1.165, 1.54) is 0 Å². The van der Waals surface area contributed by atoms with Gasteiger partial charge >= 0.3 is 12.1 Å². The zero-order valence-electron chi connectivity index (χ0n) is 30.3. The number of aliphatic hydroxyl groups excluding tert-OH is 1. The number of nitrogens with zero attached hydrogens (tertiary/aromatic N) is 3. The molecule has 280 valence electrons. The molecule has 2 aliphatic rings. The highest BCUT2D eigenvalue weighted by atomic mass is 16.5. The van der Waals surface area contributed by atoms with E-state index in [-0.39, 0.29) is 37.0 Å². The lowest BCUT2D eigenvalue weighted by Crippen LogP contribution is -2.60. The van der Waals surface area contributed by atoms with E-state index in [2.05, 4.69) is 21.4 Å². The van der Waals surface area contributed by atoms with Crippen molar-refractivity contribution < 1.29 is 33.8 Å². The van der Waals surface area contributed by atoms with Crippen molar-refractivity contribution in [3.63, 3.8) is 0 Å². The van der Waals surface area contributed by atoms with Gasteiger partial charge in [-0.2, -0.15) is 0 Å². The molecular weight excluding hydrogens is 654 g/mol. The van der Waals surface area contributed by atoms with Crippen molar-refractivity contribution in [2.24, 2.45) is 11.8 Å². The summed E-state index contributed by atoms with van der Waals surface area (Å²) >= 11 is 0. The van der Waals surface area contributed by atoms with Crippen LogP contribution in [0.3, 0.4) is 0 Å². The van der Waals surface area contributed by atoms with Gasteiger partial charge < -0.3 is 40.3 Å². The number of urea groups is 2. The molecule has 2 aromatic carbocycles. The number of carbonyl (C=O) groups is 4. The van der Waals surface area contributed by atoms with E-state index in [9.17, 15) is 24.3 Å². The molecule has 51 heavy (non-hydrogen) atoms. The monoisotopic (exact) mass is 709 g/mol. The lowest BCUT2D eigenvalue weighted by molar-refractivity contribution is -0.131. The van der Waals surface area contributed by atoms with E-state index in [1.807, 2.05) is 88.4 Å². The Morgan fingerprint density at radius 1 is 0.686 bits per heavy atom. The molecule has 2 aliphatic heterocycles. The molecular formula is C37H55N7O7. The van der Waals surface area contributed by atoms with Crippen LogP contribution in [0.25, 0.3) is 0 Å². The molecule has 6 amide bonds. The third-order valence-corrected chi connectivity index (χ3v) is 9.04. The van der Waals surface area contributed by atoms with Crippen LogP contribution in [0.15, 0.2) is 60.7 Å². The van der Waals surface area contributed by atoms with Crippen molar-refractivity contribution in [3.05, 3.63) is 71.8 Å². The Balaban J connectivity index is 1.52. The van der Waals surface area contributed by atoms with Crippen molar-refractivity contribution in [3.8, 4) is 0 Å². The van der Waals surface area contributed by atoms with Crippen molar-refractivity contribution in [2.75, 3.05) is 59.2 Å². The van der Waals surface area contributed by atoms with Gasteiger partial charge in [-0.25, -0.2) is 14.6 Å². The highest BCUT2D eigenvalue weighted by molar-refractivity contribution is 5.88. The number of benzene rings is 2. The minimum Gasteiger partial charge on any atom is -0.390 e. The first-order valence-electron chi connectivity index (χ1n) is 17.9. The van der Waals surface area contributed by atoms with Crippen molar-refractivity contribution in [1.82, 2.24) is 36.2 Å². The highest BCUT2D eigenvalue weighted by Crippen LogP contribution is 2.13. The van der Waals surface area contributed by atoms with Crippen LogP contribution in [0, 0.1) is 11.8 Å². The second kappa shape index (κ2) is 20.0. The molecule has 2 aromatic rings. The molecule has 4 rings (SSSR count). The Morgan fingerprint density at radius 3 is 1.61 bits per heavy atom. The number of amides is 6. The minimum absolute atomic E-state index is 0.0485. The summed E-state index contributed by atoms with van der Waals surface area (Å²) in [5.74, 6) is -1.32. The normalized spacial score (nSPS) is 17.4. The fourth-order valence-electron chi connectivity index (χ4n) is 6.01. The number of hydrogen-bond donors (Lipinski definition) is 5. The highest BCUT2D eigenvalue weighted by Gasteiger charge is 2.33. The molecule has 0 radical (unpaired) electrons. The van der Waals surface area contributed by atoms with E-state index in [4.69, 9.17) is 9.47 Å². The zero-order chi connectivity index (χ0) is 36.8. The number of nitrogens with one attached hydrogen (secondary N) is 4. The maximum Gasteiger partial charge on any atom is 0.318 e. The van der Waals surface area contributed by atoms with Gasteiger partial charge in [-0.1, -0.05) is 88.4 Å². The van der Waals surface area contributed by atoms with Crippen LogP contribution in [0.1, 0.15) is 38.8 Å². The minimum atomic E-state index is -1.15. The largest absolute Gasteiger partial charge is 0.390 e. The average Bonchev–Trinajstić information content (AvgIpc) is 3.13. The second-order valence-corrected chi connectivity index (χ2v) is 13.8. The van der Waals surface area contributed by atoms with E-state index in [0.29, 0.717) is 59.0 Å². The Hall–Kier alpha value is -4.24. The third-order valence-electron chi connectivity index (χ3n) is 9.04. The molecule has 2 saturated heterocycles. The molecule has 0 aromatic heterocycles. The SMILES string of the molecule is CC(C)[C@H](NC(=O)N1CCOCC1)C(=O)N[C@@H](Cc1ccccc1)[C@@H](O)CN(Cc1ccccc1)NC(=O)[C@@H](NC(=O)N1CCOCC1)C(C)C. The third kappa shape index (κ3) is 12.5. The second-order valence-electron chi connectivity index (χ2n) is 13.8. The number of ether oxygens (including phenoxy) is 2. The first-order chi connectivity index (χ1) is 24.5. The van der Waals surface area contributed by atoms with Gasteiger partial charge in [0.1, 0.15) is 12.1 Å². The van der Waals surface area contributed by atoms with Gasteiger partial charge in [0, 0.05) is 39.3 Å². The zero-order valence-corrected chi connectivity index (χ0v) is 30.3. The molecule has 14 heteroatoms. The number of morpholine rings is 2. The number of hydrogen-bond acceptors (Lipinski definition) is 8. The molecule has 0 aliphatic carbocycles. The smallest absolute Gasteiger partial charge is 0.318 e. The number of carbonyl (C=O) groups excluding carboxylic acids is 4. The number of rotatable bonds is 15. The lowest BCUT2D eigenvalue weighted by atomic mass is 9.98. The summed E-state index contributed by atoms with van der Waals surface area (Å²) in [5, 5.41) is 22.2. The van der Waals surface area contributed by atoms with Crippen LogP contribution in [-0.4, -0.2) is 127 Å². The Kier molecular flexibility index (Phi) is 15.5. The van der Waals surface area contributed by atoms with E-state index in [0.717, 1.165) is 11.1 Å². The van der Waals surface area contributed by atoms with Crippen LogP contribution < -0.4 is 21.4 Å². The fraction of sp³-hybridized carbons (Fsp3) is 0.568. The molecule has 0 bridgehead atoms. The molecule has 2 heterocycles. The molecule has 2 fully saturated rings. The van der Waals surface area contributed by atoms with Gasteiger partial charge in [0.05, 0.1) is 38.6 Å². The Bertz CT molecular complexity index is 1390. The van der Waals surface area contributed by atoms with Gasteiger partial charge in [-0.15, -0.1) is 0 Å². The lowest BCUT2D eigenvalue weighted by Gasteiger charge is -2.34. The molecule has 0 spiro atoms. The van der Waals surface area contributed by atoms with E-state index >= 15 is 0 Å². The van der Waals surface area contributed by atoms with E-state index in [1.54, 1.807) is 14.8 Å². The topological polar surface area (TPSA) is 165 Å². The first kappa shape index (κ1) is 39.5. The first-order valence-corrected chi connectivity index (χ1v) is 17.9. The van der Waals surface area contributed by atoms with Crippen molar-refractivity contribution in [2.45, 2.75) is 64.9 Å². The maximum absolute atomic E-state index is 13.8. The molecule has 14 nitrogen and oxygen atoms in total. The van der Waals surface area contributed by atoms with Gasteiger partial charge in [-0.05, 0) is 29.4 Å². The maximum atomic E-state index is 13.8. The number of hydrazine groups is 1. The van der Waals surface area contributed by atoms with Gasteiger partial charge in [0.2, 0.25) is 5.91 Å². The van der Waals surface area contributed by atoms with Gasteiger partial charge in [0.15, 0.2) is 0 Å². The van der Waals surface area contributed by atoms with Crippen LogP contribution in [0.4, 0.5) is 9.59 Å². The Morgan fingerprint density at radius 2 is 1.14 bits per heavy atom. The van der Waals surface area contributed by atoms with Crippen LogP contribution in [0.5, 0.6) is 0 Å². The summed E-state index contributed by atoms with van der Waals surface area (Å²) in [7, 11) is 0. The van der Waals surface area contributed by atoms with E-state index < -0.39 is 36.0 Å². The summed E-state index contributed by atoms with van der Waals surface area (Å²) in [4.78, 5) is 57.0. The quantitative estimate of drug-likeness (QED) is 0.175. The molecule has 0 saturated carbocycles. The standard InChI is InChI=1S/C37H55N7O7/c1-26(2)32(39-36(48)42-15-19-50-20-16-42)34(46)38-30(23-28-11-7-5-8-12-28)31(45)25-44(24-29-13-9-6-10-14-29)41-35(47)33(27(3)4)40-37(49)43-17-21-51-22-18-43/h5-14,26-27,30-33,45H,15-25H2,1-4H3,(H,38,46)(H,39,48)(H,40,49)(H,41,47)/t30-,31-,32-,33-/m0/s1. The number of aliphatic hydroxyl groups is 1. The van der Waals surface area contributed by atoms with Crippen LogP contribution in [-0.2, 0) is 32.0 Å². The van der Waals surface area contributed by atoms with Crippen LogP contribution in [0.2, 0.25) is 0 Å². The predicted octanol–water partition coefficient (Wildman–Crippen LogP) is 1.74. The molecule has 5 N–H and O–H groups in total. The summed E-state index contributed by atoms with van der Waals surface area (Å²) in [6, 6.07) is 15.8. The Labute approximate surface area is 301 Å². The average molecular weight is 710 g/mol. The fourth-order valence-corrected chi connectivity index (χ4v) is 6.01. The molecule has 4 atom stereocenters. The van der Waals surface area contributed by atoms with Crippen molar-refractivity contribution in [1.29, 1.82) is 0 Å². The predicted molar refractivity (Wildman–Crippen MR) is 192 cm³/mol. The van der Waals surface area contributed by atoms with Crippen LogP contribution >= 0.6 is 0 Å². The summed E-state index contributed by atoms with van der Waals surface area (Å²) < 4.78 is 10.7. The van der Waals surface area contributed by atoms with Gasteiger partial charge in [-0.3, -0.25) is 15.0 Å². The summed E-state index contributed by atoms with van der Waals surface area (Å²) in [6.07, 6.45) is -0.853. The summed E-state index contributed by atoms with van der Waals surface area (Å²) in [5.41, 5.74) is 4.73.